The van der Waals surface area contributed by atoms with Crippen LogP contribution in [0.5, 0.6) is 0 Å². The van der Waals surface area contributed by atoms with E-state index in [1.54, 1.807) is 0 Å². The van der Waals surface area contributed by atoms with Gasteiger partial charge in [-0.1, -0.05) is 39.0 Å². The summed E-state index contributed by atoms with van der Waals surface area (Å²) in [6.45, 7) is 1.70. The van der Waals surface area contributed by atoms with Crippen LogP contribution in [0.3, 0.4) is 0 Å². The third-order valence-corrected chi connectivity index (χ3v) is 5.95. The molecule has 2 heterocycles. The molecular formula is C21H40O11. The summed E-state index contributed by atoms with van der Waals surface area (Å²) in [5.74, 6) is 0. The van der Waals surface area contributed by atoms with E-state index < -0.39 is 68.0 Å². The Morgan fingerprint density at radius 1 is 0.781 bits per heavy atom. The first-order chi connectivity index (χ1) is 15.3. The van der Waals surface area contributed by atoms with Crippen LogP contribution in [0, 0.1) is 0 Å². The Kier molecular flexibility index (Phi) is 12.2. The fourth-order valence-corrected chi connectivity index (χ4v) is 3.92. The highest BCUT2D eigenvalue weighted by Gasteiger charge is 2.49. The van der Waals surface area contributed by atoms with Crippen LogP contribution >= 0.6 is 0 Å². The molecule has 190 valence electrons. The van der Waals surface area contributed by atoms with Crippen molar-refractivity contribution in [3.8, 4) is 0 Å². The Labute approximate surface area is 188 Å². The molecule has 0 bridgehead atoms. The maximum absolute atomic E-state index is 10.4. The lowest BCUT2D eigenvalue weighted by atomic mass is 10.1. The van der Waals surface area contributed by atoms with Crippen molar-refractivity contribution in [2.45, 2.75) is 107 Å². The van der Waals surface area contributed by atoms with E-state index in [0.717, 1.165) is 19.3 Å². The lowest BCUT2D eigenvalue weighted by Gasteiger charge is -2.26. The molecule has 6 N–H and O–H groups in total. The highest BCUT2D eigenvalue weighted by molar-refractivity contribution is 4.93. The van der Waals surface area contributed by atoms with E-state index in [2.05, 4.69) is 6.92 Å². The number of hydrogen-bond acceptors (Lipinski definition) is 11. The molecule has 2 saturated heterocycles. The van der Waals surface area contributed by atoms with Gasteiger partial charge in [0.1, 0.15) is 48.8 Å². The van der Waals surface area contributed by atoms with Gasteiger partial charge in [0.25, 0.3) is 0 Å². The zero-order valence-electron chi connectivity index (χ0n) is 18.9. The van der Waals surface area contributed by atoms with Gasteiger partial charge in [0.15, 0.2) is 12.6 Å². The normalized spacial score (nSPS) is 37.1. The Morgan fingerprint density at radius 2 is 1.34 bits per heavy atom. The average Bonchev–Trinajstić information content (AvgIpc) is 3.24. The van der Waals surface area contributed by atoms with Crippen molar-refractivity contribution < 1.29 is 54.3 Å². The smallest absolute Gasteiger partial charge is 0.186 e. The first kappa shape index (κ1) is 27.8. The summed E-state index contributed by atoms with van der Waals surface area (Å²) < 4.78 is 27.4. The molecule has 0 radical (unpaired) electrons. The second kappa shape index (κ2) is 14.1. The van der Waals surface area contributed by atoms with Crippen molar-refractivity contribution in [3.05, 3.63) is 0 Å². The van der Waals surface area contributed by atoms with Gasteiger partial charge >= 0.3 is 0 Å². The largest absolute Gasteiger partial charge is 0.394 e. The summed E-state index contributed by atoms with van der Waals surface area (Å²) in [4.78, 5) is 0. The lowest BCUT2D eigenvalue weighted by Crippen LogP contribution is -2.43. The highest BCUT2D eigenvalue weighted by atomic mass is 16.7. The Balaban J connectivity index is 1.79. The van der Waals surface area contributed by atoms with Crippen LogP contribution in [-0.4, -0.2) is 119 Å². The molecule has 10 atom stereocenters. The Morgan fingerprint density at radius 3 is 1.97 bits per heavy atom. The van der Waals surface area contributed by atoms with E-state index in [1.165, 1.54) is 26.4 Å². The van der Waals surface area contributed by atoms with Gasteiger partial charge in [-0.25, -0.2) is 0 Å². The van der Waals surface area contributed by atoms with Crippen LogP contribution in [0.1, 0.15) is 45.4 Å². The van der Waals surface area contributed by atoms with Gasteiger partial charge in [-0.2, -0.15) is 0 Å². The molecular weight excluding hydrogens is 428 g/mol. The number of rotatable bonds is 15. The molecule has 2 rings (SSSR count). The summed E-state index contributed by atoms with van der Waals surface area (Å²) in [6.07, 6.45) is -5.54. The van der Waals surface area contributed by atoms with Gasteiger partial charge in [-0.15, -0.1) is 0 Å². The summed E-state index contributed by atoms with van der Waals surface area (Å²) in [5, 5.41) is 59.4. The third kappa shape index (κ3) is 7.28. The fraction of sp³-hybridized carbons (Fsp3) is 1.00. The Bertz CT molecular complexity index is 510. The van der Waals surface area contributed by atoms with Crippen molar-refractivity contribution in [1.82, 2.24) is 0 Å². The molecule has 32 heavy (non-hydrogen) atoms. The van der Waals surface area contributed by atoms with Crippen molar-refractivity contribution in [3.63, 3.8) is 0 Å². The van der Waals surface area contributed by atoms with E-state index in [4.69, 9.17) is 28.8 Å². The van der Waals surface area contributed by atoms with Crippen LogP contribution in [0.2, 0.25) is 0 Å². The zero-order valence-corrected chi connectivity index (χ0v) is 18.9. The first-order valence-corrected chi connectivity index (χ1v) is 11.4. The number of unbranched alkanes of at least 4 members (excludes halogenated alkanes) is 5. The van der Waals surface area contributed by atoms with Gasteiger partial charge in [0, 0.05) is 13.7 Å². The van der Waals surface area contributed by atoms with E-state index >= 15 is 0 Å². The van der Waals surface area contributed by atoms with Crippen molar-refractivity contribution >= 4 is 0 Å². The molecule has 0 spiro atoms. The molecule has 2 unspecified atom stereocenters. The molecule has 11 nitrogen and oxygen atoms in total. The highest BCUT2D eigenvalue weighted by Crippen LogP contribution is 2.28. The van der Waals surface area contributed by atoms with Crippen molar-refractivity contribution in [2.75, 3.05) is 26.9 Å². The van der Waals surface area contributed by atoms with Crippen LogP contribution in [0.25, 0.3) is 0 Å². The van der Waals surface area contributed by atoms with E-state index in [0.29, 0.717) is 6.61 Å². The van der Waals surface area contributed by atoms with Crippen LogP contribution < -0.4 is 0 Å². The van der Waals surface area contributed by atoms with Crippen molar-refractivity contribution in [2.24, 2.45) is 0 Å². The molecule has 0 aromatic rings. The molecule has 2 aliphatic rings. The van der Waals surface area contributed by atoms with Gasteiger partial charge in [-0.3, -0.25) is 0 Å². The van der Waals surface area contributed by atoms with Gasteiger partial charge in [0.05, 0.1) is 13.2 Å². The number of hydrogen-bond donors (Lipinski definition) is 6. The fourth-order valence-electron chi connectivity index (χ4n) is 3.92. The first-order valence-electron chi connectivity index (χ1n) is 11.4. The van der Waals surface area contributed by atoms with Gasteiger partial charge < -0.3 is 54.3 Å². The monoisotopic (exact) mass is 468 g/mol. The number of ether oxygens (including phenoxy) is 5. The standard InChI is InChI=1S/C21H40O11/c1-3-4-5-6-7-8-9-29-20-17(27)15(25)19(32-20)13(28-2)11-30-21-16(26)14(24)18(31-21)12(23)10-22/h12-27H,3-11H2,1-2H3/t12?,13?,14-,15-,16-,17-,18+,19+,20-,21-/m1/s1. The minimum Gasteiger partial charge on any atom is -0.394 e. The molecule has 2 fully saturated rings. The van der Waals surface area contributed by atoms with Gasteiger partial charge in [0.2, 0.25) is 0 Å². The molecule has 0 amide bonds. The molecule has 2 aliphatic heterocycles. The number of methoxy groups -OCH3 is 1. The molecule has 11 heteroatoms. The van der Waals surface area contributed by atoms with Crippen LogP contribution in [-0.2, 0) is 23.7 Å². The van der Waals surface area contributed by atoms with E-state index in [-0.39, 0.29) is 6.61 Å². The topological polar surface area (TPSA) is 168 Å². The van der Waals surface area contributed by atoms with Gasteiger partial charge in [-0.05, 0) is 6.42 Å². The quantitative estimate of drug-likeness (QED) is 0.157. The van der Waals surface area contributed by atoms with E-state index in [9.17, 15) is 25.5 Å². The zero-order chi connectivity index (χ0) is 23.7. The average molecular weight is 469 g/mol. The summed E-state index contributed by atoms with van der Waals surface area (Å²) in [5.41, 5.74) is 0. The minimum absolute atomic E-state index is 0.203. The van der Waals surface area contributed by atoms with Crippen molar-refractivity contribution in [1.29, 1.82) is 0 Å². The molecule has 0 saturated carbocycles. The van der Waals surface area contributed by atoms with Crippen LogP contribution in [0.15, 0.2) is 0 Å². The predicted octanol–water partition coefficient (Wildman–Crippen LogP) is -1.36. The molecule has 0 aromatic carbocycles. The third-order valence-electron chi connectivity index (χ3n) is 5.95. The van der Waals surface area contributed by atoms with Crippen LogP contribution in [0.4, 0.5) is 0 Å². The van der Waals surface area contributed by atoms with E-state index in [1.807, 2.05) is 0 Å². The predicted molar refractivity (Wildman–Crippen MR) is 111 cm³/mol. The maximum atomic E-state index is 10.4. The SMILES string of the molecule is CCCCCCCCO[C@@H]1O[C@@H](C(CO[C@@H]2O[C@@H](C(O)CO)[C@H](O)[C@H]2O)OC)[C@H](O)[C@H]1O. The molecule has 0 aliphatic carbocycles. The number of aliphatic hydroxyl groups excluding tert-OH is 6. The lowest BCUT2D eigenvalue weighted by molar-refractivity contribution is -0.215. The number of aliphatic hydroxyl groups is 6. The second-order valence-corrected chi connectivity index (χ2v) is 8.40. The minimum atomic E-state index is -1.45. The Hall–Kier alpha value is -0.440. The summed E-state index contributed by atoms with van der Waals surface area (Å²) in [7, 11) is 1.38. The molecule has 0 aromatic heterocycles. The maximum Gasteiger partial charge on any atom is 0.186 e. The summed E-state index contributed by atoms with van der Waals surface area (Å²) >= 11 is 0. The second-order valence-electron chi connectivity index (χ2n) is 8.40. The summed E-state index contributed by atoms with van der Waals surface area (Å²) in [6, 6.07) is 0.